The molecule has 0 N–H and O–H groups in total. The summed E-state index contributed by atoms with van der Waals surface area (Å²) in [6.45, 7) is 30.8. The van der Waals surface area contributed by atoms with Gasteiger partial charge in [0.15, 0.2) is 0 Å². The van der Waals surface area contributed by atoms with Crippen molar-refractivity contribution in [3.05, 3.63) is 59.8 Å². The minimum atomic E-state index is 0.0867. The fourth-order valence-corrected chi connectivity index (χ4v) is 4.50. The van der Waals surface area contributed by atoms with Crippen molar-refractivity contribution in [3.8, 4) is 0 Å². The van der Waals surface area contributed by atoms with Crippen LogP contribution in [-0.2, 0) is 4.74 Å². The van der Waals surface area contributed by atoms with Crippen molar-refractivity contribution in [2.24, 2.45) is 17.8 Å². The molecule has 0 bridgehead atoms. The molecule has 1 heteroatoms. The van der Waals surface area contributed by atoms with E-state index in [9.17, 15) is 0 Å². The van der Waals surface area contributed by atoms with E-state index < -0.39 is 0 Å². The highest BCUT2D eigenvalue weighted by Gasteiger charge is 2.50. The fourth-order valence-electron chi connectivity index (χ4n) is 4.50. The molecule has 1 heterocycles. The van der Waals surface area contributed by atoms with Crippen LogP contribution in [0.25, 0.3) is 0 Å². The number of ether oxygens (including phenoxy) is 1. The van der Waals surface area contributed by atoms with E-state index in [1.165, 1.54) is 53.5 Å². The second-order valence-corrected chi connectivity index (χ2v) is 11.8. The van der Waals surface area contributed by atoms with Crippen LogP contribution in [0.1, 0.15) is 120 Å². The van der Waals surface area contributed by atoms with Crippen LogP contribution in [0.5, 0.6) is 0 Å². The highest BCUT2D eigenvalue weighted by Crippen LogP contribution is 2.44. The van der Waals surface area contributed by atoms with Crippen LogP contribution < -0.4 is 0 Å². The Morgan fingerprint density at radius 3 is 2.00 bits per heavy atom. The molecule has 1 fully saturated rings. The van der Waals surface area contributed by atoms with Crippen molar-refractivity contribution in [1.29, 1.82) is 0 Å². The molecule has 5 atom stereocenters. The van der Waals surface area contributed by atoms with Gasteiger partial charge < -0.3 is 4.74 Å². The maximum Gasteiger partial charge on any atom is 0.0920 e. The van der Waals surface area contributed by atoms with E-state index in [-0.39, 0.29) is 5.60 Å². The Bertz CT molecular complexity index is 732. The average Bonchev–Trinajstić information content (AvgIpc) is 3.42. The van der Waals surface area contributed by atoms with Crippen LogP contribution in [0.15, 0.2) is 59.8 Å². The molecule has 194 valence electrons. The van der Waals surface area contributed by atoms with Gasteiger partial charge in [0, 0.05) is 0 Å². The van der Waals surface area contributed by atoms with Crippen molar-refractivity contribution in [1.82, 2.24) is 0 Å². The monoisotopic (exact) mass is 468 g/mol. The van der Waals surface area contributed by atoms with E-state index in [1.807, 2.05) is 0 Å². The normalized spacial score (nSPS) is 22.6. The second-order valence-electron chi connectivity index (χ2n) is 11.8. The van der Waals surface area contributed by atoms with E-state index in [1.54, 1.807) is 0 Å². The van der Waals surface area contributed by atoms with Crippen molar-refractivity contribution in [3.63, 3.8) is 0 Å². The Balaban J connectivity index is 2.26. The Hall–Kier alpha value is -1.34. The van der Waals surface area contributed by atoms with Crippen molar-refractivity contribution >= 4 is 0 Å². The van der Waals surface area contributed by atoms with Crippen molar-refractivity contribution in [2.75, 3.05) is 0 Å². The minimum absolute atomic E-state index is 0.0867. The van der Waals surface area contributed by atoms with Crippen LogP contribution in [0.2, 0.25) is 0 Å². The van der Waals surface area contributed by atoms with Crippen LogP contribution in [-0.4, -0.2) is 11.7 Å². The van der Waals surface area contributed by atoms with E-state index in [2.05, 4.69) is 87.3 Å². The molecule has 1 aliphatic rings. The maximum absolute atomic E-state index is 6.14. The SMILES string of the molecule is C=C(C)C(C)CCC(=C)C(C)CC/C(C)=C/CCC1OC1(C)CCC(C)C(=C)CCC=C(C)C. The first kappa shape index (κ1) is 30.7. The summed E-state index contributed by atoms with van der Waals surface area (Å²) in [5, 5.41) is 0. The summed E-state index contributed by atoms with van der Waals surface area (Å²) in [5.41, 5.74) is 7.07. The molecule has 0 amide bonds. The zero-order valence-electron chi connectivity index (χ0n) is 24.1. The average molecular weight is 469 g/mol. The lowest BCUT2D eigenvalue weighted by Crippen LogP contribution is -2.12. The van der Waals surface area contributed by atoms with Gasteiger partial charge in [-0.15, -0.1) is 0 Å². The lowest BCUT2D eigenvalue weighted by Gasteiger charge is -2.17. The summed E-state index contributed by atoms with van der Waals surface area (Å²) in [6, 6.07) is 0. The number of hydrogen-bond acceptors (Lipinski definition) is 1. The van der Waals surface area contributed by atoms with Gasteiger partial charge in [-0.2, -0.15) is 0 Å². The van der Waals surface area contributed by atoms with Crippen molar-refractivity contribution < 1.29 is 4.74 Å². The smallest absolute Gasteiger partial charge is 0.0920 e. The zero-order chi connectivity index (χ0) is 25.9. The molecule has 0 aromatic carbocycles. The number of allylic oxidation sites excluding steroid dienone is 7. The van der Waals surface area contributed by atoms with Gasteiger partial charge in [0.25, 0.3) is 0 Å². The van der Waals surface area contributed by atoms with Gasteiger partial charge in [0.2, 0.25) is 0 Å². The standard InChI is InChI=1S/C33H56O/c1-24(2)14-12-16-28(7)31(10)22-23-33(11)32(34-33)17-13-15-26(5)18-19-29(8)30(9)21-20-27(6)25(3)4/h14-15,27,29,31-32H,3,7,9,12-13,16-23H2,1-2,4-6,8,10-11H3/b26-15+. The molecule has 0 aromatic heterocycles. The first-order chi connectivity index (χ1) is 15.9. The van der Waals surface area contributed by atoms with E-state index in [4.69, 9.17) is 4.74 Å². The van der Waals surface area contributed by atoms with Gasteiger partial charge in [-0.05, 0) is 117 Å². The number of epoxide rings is 1. The molecule has 1 saturated heterocycles. The third-order valence-corrected chi connectivity index (χ3v) is 8.15. The quantitative estimate of drug-likeness (QED) is 0.144. The lowest BCUT2D eigenvalue weighted by molar-refractivity contribution is 0.283. The molecule has 1 aliphatic heterocycles. The Labute approximate surface area is 213 Å². The first-order valence-corrected chi connectivity index (χ1v) is 13.8. The summed E-state index contributed by atoms with van der Waals surface area (Å²) < 4.78 is 6.14. The molecule has 0 saturated carbocycles. The van der Waals surface area contributed by atoms with Gasteiger partial charge in [0.1, 0.15) is 0 Å². The Morgan fingerprint density at radius 1 is 0.794 bits per heavy atom. The molecule has 1 rings (SSSR count). The molecule has 0 spiro atoms. The Morgan fingerprint density at radius 2 is 1.38 bits per heavy atom. The van der Waals surface area contributed by atoms with Gasteiger partial charge in [-0.1, -0.05) is 80.5 Å². The van der Waals surface area contributed by atoms with Crippen LogP contribution >= 0.6 is 0 Å². The Kier molecular flexibility index (Phi) is 13.5. The molecule has 0 radical (unpaired) electrons. The molecule has 0 aliphatic carbocycles. The highest BCUT2D eigenvalue weighted by molar-refractivity contribution is 5.08. The maximum atomic E-state index is 6.14. The molecule has 1 nitrogen and oxygen atoms in total. The first-order valence-electron chi connectivity index (χ1n) is 13.8. The molecule has 34 heavy (non-hydrogen) atoms. The third-order valence-electron chi connectivity index (χ3n) is 8.15. The lowest BCUT2D eigenvalue weighted by atomic mass is 9.88. The predicted octanol–water partition coefficient (Wildman–Crippen LogP) is 10.6. The van der Waals surface area contributed by atoms with E-state index >= 15 is 0 Å². The number of hydrogen-bond donors (Lipinski definition) is 0. The molecular weight excluding hydrogens is 412 g/mol. The third kappa shape index (κ3) is 11.9. The summed E-state index contributed by atoms with van der Waals surface area (Å²) in [4.78, 5) is 0. The van der Waals surface area contributed by atoms with Crippen LogP contribution in [0.3, 0.4) is 0 Å². The van der Waals surface area contributed by atoms with Gasteiger partial charge in [-0.25, -0.2) is 0 Å². The summed E-state index contributed by atoms with van der Waals surface area (Å²) in [7, 11) is 0. The minimum Gasteiger partial charge on any atom is -0.366 e. The van der Waals surface area contributed by atoms with E-state index in [0.29, 0.717) is 23.9 Å². The fraction of sp³-hybridized carbons (Fsp3) is 0.697. The second kappa shape index (κ2) is 14.9. The molecule has 5 unspecified atom stereocenters. The van der Waals surface area contributed by atoms with Crippen molar-refractivity contribution in [2.45, 2.75) is 131 Å². The van der Waals surface area contributed by atoms with Gasteiger partial charge in [-0.3, -0.25) is 0 Å². The molecule has 0 aromatic rings. The topological polar surface area (TPSA) is 12.5 Å². The highest BCUT2D eigenvalue weighted by atomic mass is 16.6. The van der Waals surface area contributed by atoms with E-state index in [0.717, 1.165) is 38.5 Å². The summed E-state index contributed by atoms with van der Waals surface area (Å²) in [5.74, 6) is 1.76. The van der Waals surface area contributed by atoms with Gasteiger partial charge in [0.05, 0.1) is 11.7 Å². The van der Waals surface area contributed by atoms with Gasteiger partial charge >= 0.3 is 0 Å². The van der Waals surface area contributed by atoms with Crippen LogP contribution in [0.4, 0.5) is 0 Å². The summed E-state index contributed by atoms with van der Waals surface area (Å²) in [6.07, 6.45) is 16.7. The largest absolute Gasteiger partial charge is 0.366 e. The zero-order valence-corrected chi connectivity index (χ0v) is 24.1. The van der Waals surface area contributed by atoms with Crippen LogP contribution in [0, 0.1) is 17.8 Å². The predicted molar refractivity (Wildman–Crippen MR) is 153 cm³/mol. The number of rotatable bonds is 18. The molecular formula is C33H56O. The summed E-state index contributed by atoms with van der Waals surface area (Å²) >= 11 is 0.